The molecule has 0 aliphatic heterocycles. The molecule has 0 bridgehead atoms. The van der Waals surface area contributed by atoms with Gasteiger partial charge < -0.3 is 10.6 Å². The quantitative estimate of drug-likeness (QED) is 0.786. The molecule has 0 spiro atoms. The molecule has 1 atom stereocenters. The lowest BCUT2D eigenvalue weighted by molar-refractivity contribution is 0.256. The zero-order valence-electron chi connectivity index (χ0n) is 10.4. The molecule has 1 aromatic rings. The first kappa shape index (κ1) is 11.5. The van der Waals surface area contributed by atoms with E-state index in [1.165, 1.54) is 30.5 Å². The highest BCUT2D eigenvalue weighted by Crippen LogP contribution is 2.31. The topological polar surface area (TPSA) is 29.3 Å². The van der Waals surface area contributed by atoms with Gasteiger partial charge >= 0.3 is 0 Å². The molecule has 0 amide bonds. The summed E-state index contributed by atoms with van der Waals surface area (Å²) >= 11 is 0. The number of nitrogens with zero attached hydrogens (tertiary/aromatic N) is 1. The van der Waals surface area contributed by atoms with Gasteiger partial charge in [-0.3, -0.25) is 0 Å². The fourth-order valence-corrected chi connectivity index (χ4v) is 2.74. The lowest BCUT2D eigenvalue weighted by Gasteiger charge is -2.21. The maximum atomic E-state index is 6.02. The summed E-state index contributed by atoms with van der Waals surface area (Å²) in [4.78, 5) is 2.51. The van der Waals surface area contributed by atoms with Crippen LogP contribution in [0, 0.1) is 5.92 Å². The molecule has 2 heteroatoms. The first-order chi connectivity index (χ1) is 7.74. The van der Waals surface area contributed by atoms with Crippen molar-refractivity contribution in [2.24, 2.45) is 5.92 Å². The van der Waals surface area contributed by atoms with Crippen molar-refractivity contribution in [3.63, 3.8) is 0 Å². The lowest BCUT2D eigenvalue weighted by Crippen LogP contribution is -2.29. The van der Waals surface area contributed by atoms with Crippen LogP contribution in [-0.4, -0.2) is 24.5 Å². The summed E-state index contributed by atoms with van der Waals surface area (Å²) in [5.74, 6) is 0.764. The Morgan fingerprint density at radius 2 is 2.00 bits per heavy atom. The fourth-order valence-electron chi connectivity index (χ4n) is 2.74. The van der Waals surface area contributed by atoms with Crippen molar-refractivity contribution in [2.75, 3.05) is 25.4 Å². The van der Waals surface area contributed by atoms with Gasteiger partial charge in [-0.05, 0) is 49.0 Å². The molecule has 2 nitrogen and oxygen atoms in total. The Bertz CT molecular complexity index is 356. The maximum absolute atomic E-state index is 6.02. The average Bonchev–Trinajstić information content (AvgIpc) is 2.70. The second-order valence-corrected chi connectivity index (χ2v) is 4.75. The molecule has 0 saturated carbocycles. The second-order valence-electron chi connectivity index (χ2n) is 4.75. The van der Waals surface area contributed by atoms with Crippen molar-refractivity contribution in [3.8, 4) is 0 Å². The number of anilines is 1. The third-order valence-electron chi connectivity index (χ3n) is 3.72. The number of fused-ring (bicyclic) bond motifs is 1. The molecule has 0 aromatic heterocycles. The normalized spacial score (nSPS) is 19.1. The summed E-state index contributed by atoms with van der Waals surface area (Å²) in [5, 5.41) is 0. The molecule has 1 aromatic carbocycles. The number of benzene rings is 1. The molecule has 2 rings (SSSR count). The van der Waals surface area contributed by atoms with Crippen LogP contribution in [0.5, 0.6) is 0 Å². The number of rotatable bonds is 4. The SMILES string of the molecule is CCN(CC)CC1Cc2cccc(N)c2C1. The van der Waals surface area contributed by atoms with Gasteiger partial charge in [0.25, 0.3) is 0 Å². The molecule has 2 N–H and O–H groups in total. The third-order valence-corrected chi connectivity index (χ3v) is 3.72. The van der Waals surface area contributed by atoms with E-state index in [-0.39, 0.29) is 0 Å². The Morgan fingerprint density at radius 1 is 1.25 bits per heavy atom. The van der Waals surface area contributed by atoms with E-state index in [1.807, 2.05) is 6.07 Å². The van der Waals surface area contributed by atoms with Crippen LogP contribution >= 0.6 is 0 Å². The summed E-state index contributed by atoms with van der Waals surface area (Å²) in [6.45, 7) is 7.98. The van der Waals surface area contributed by atoms with Gasteiger partial charge in [0.2, 0.25) is 0 Å². The molecule has 1 aliphatic carbocycles. The van der Waals surface area contributed by atoms with Crippen molar-refractivity contribution in [1.29, 1.82) is 0 Å². The summed E-state index contributed by atoms with van der Waals surface area (Å²) in [6, 6.07) is 6.33. The molecule has 88 valence electrons. The van der Waals surface area contributed by atoms with Crippen LogP contribution in [0.25, 0.3) is 0 Å². The van der Waals surface area contributed by atoms with Crippen LogP contribution in [0.2, 0.25) is 0 Å². The van der Waals surface area contributed by atoms with E-state index < -0.39 is 0 Å². The summed E-state index contributed by atoms with van der Waals surface area (Å²) in [7, 11) is 0. The maximum Gasteiger partial charge on any atom is 0.0349 e. The van der Waals surface area contributed by atoms with Crippen LogP contribution in [0.15, 0.2) is 18.2 Å². The Balaban J connectivity index is 2.03. The van der Waals surface area contributed by atoms with Gasteiger partial charge in [-0.2, -0.15) is 0 Å². The molecule has 0 saturated heterocycles. The van der Waals surface area contributed by atoms with Crippen LogP contribution < -0.4 is 5.73 Å². The van der Waals surface area contributed by atoms with Crippen molar-refractivity contribution in [1.82, 2.24) is 4.90 Å². The highest BCUT2D eigenvalue weighted by Gasteiger charge is 2.23. The van der Waals surface area contributed by atoms with Crippen molar-refractivity contribution in [3.05, 3.63) is 29.3 Å². The fraction of sp³-hybridized carbons (Fsp3) is 0.571. The van der Waals surface area contributed by atoms with Gasteiger partial charge in [-0.25, -0.2) is 0 Å². The summed E-state index contributed by atoms with van der Waals surface area (Å²) in [6.07, 6.45) is 2.37. The standard InChI is InChI=1S/C14H22N2/c1-3-16(4-2)10-11-8-12-6-5-7-14(15)13(12)9-11/h5-7,11H,3-4,8-10,15H2,1-2H3. The van der Waals surface area contributed by atoms with Crippen LogP contribution in [0.4, 0.5) is 5.69 Å². The van der Waals surface area contributed by atoms with E-state index in [9.17, 15) is 0 Å². The lowest BCUT2D eigenvalue weighted by atomic mass is 10.1. The number of nitrogen functional groups attached to an aromatic ring is 1. The van der Waals surface area contributed by atoms with E-state index in [0.29, 0.717) is 0 Å². The van der Waals surface area contributed by atoms with Gasteiger partial charge in [-0.1, -0.05) is 26.0 Å². The number of nitrogens with two attached hydrogens (primary N) is 1. The summed E-state index contributed by atoms with van der Waals surface area (Å²) < 4.78 is 0. The van der Waals surface area contributed by atoms with E-state index >= 15 is 0 Å². The Labute approximate surface area is 98.4 Å². The second kappa shape index (κ2) is 4.88. The van der Waals surface area contributed by atoms with Gasteiger partial charge in [0.05, 0.1) is 0 Å². The molecular weight excluding hydrogens is 196 g/mol. The molecule has 0 heterocycles. The van der Waals surface area contributed by atoms with Crippen LogP contribution in [0.1, 0.15) is 25.0 Å². The van der Waals surface area contributed by atoms with E-state index in [2.05, 4.69) is 30.9 Å². The first-order valence-corrected chi connectivity index (χ1v) is 6.33. The predicted molar refractivity (Wildman–Crippen MR) is 69.5 cm³/mol. The zero-order valence-corrected chi connectivity index (χ0v) is 10.4. The molecular formula is C14H22N2. The van der Waals surface area contributed by atoms with Gasteiger partial charge in [-0.15, -0.1) is 0 Å². The van der Waals surface area contributed by atoms with E-state index in [0.717, 1.165) is 24.7 Å². The number of hydrogen-bond acceptors (Lipinski definition) is 2. The van der Waals surface area contributed by atoms with Crippen molar-refractivity contribution in [2.45, 2.75) is 26.7 Å². The predicted octanol–water partition coefficient (Wildman–Crippen LogP) is 2.33. The minimum atomic E-state index is 0.764. The van der Waals surface area contributed by atoms with Crippen molar-refractivity contribution >= 4 is 5.69 Å². The molecule has 0 radical (unpaired) electrons. The Kier molecular flexibility index (Phi) is 3.49. The van der Waals surface area contributed by atoms with E-state index in [4.69, 9.17) is 5.73 Å². The Morgan fingerprint density at radius 3 is 2.62 bits per heavy atom. The van der Waals surface area contributed by atoms with Gasteiger partial charge in [0, 0.05) is 12.2 Å². The highest BCUT2D eigenvalue weighted by atomic mass is 15.1. The zero-order chi connectivity index (χ0) is 11.5. The van der Waals surface area contributed by atoms with E-state index in [1.54, 1.807) is 0 Å². The van der Waals surface area contributed by atoms with Crippen LogP contribution in [0.3, 0.4) is 0 Å². The Hall–Kier alpha value is -1.02. The molecule has 1 unspecified atom stereocenters. The molecule has 1 aliphatic rings. The molecule has 16 heavy (non-hydrogen) atoms. The number of hydrogen-bond donors (Lipinski definition) is 1. The van der Waals surface area contributed by atoms with Gasteiger partial charge in [0.1, 0.15) is 0 Å². The smallest absolute Gasteiger partial charge is 0.0349 e. The molecule has 0 fully saturated rings. The summed E-state index contributed by atoms with van der Waals surface area (Å²) in [5.41, 5.74) is 9.87. The minimum Gasteiger partial charge on any atom is -0.398 e. The highest BCUT2D eigenvalue weighted by molar-refractivity contribution is 5.53. The monoisotopic (exact) mass is 218 g/mol. The third kappa shape index (κ3) is 2.22. The average molecular weight is 218 g/mol. The van der Waals surface area contributed by atoms with Crippen LogP contribution in [-0.2, 0) is 12.8 Å². The minimum absolute atomic E-state index is 0.764. The van der Waals surface area contributed by atoms with Gasteiger partial charge in [0.15, 0.2) is 0 Å². The van der Waals surface area contributed by atoms with Crippen molar-refractivity contribution < 1.29 is 0 Å². The largest absolute Gasteiger partial charge is 0.398 e. The first-order valence-electron chi connectivity index (χ1n) is 6.33.